The molecule has 1 atom stereocenters. The predicted octanol–water partition coefficient (Wildman–Crippen LogP) is 1.04. The molecular formula is C13H19NO3S. The van der Waals surface area contributed by atoms with E-state index in [0.717, 1.165) is 5.75 Å². The van der Waals surface area contributed by atoms with Crippen molar-refractivity contribution in [2.24, 2.45) is 0 Å². The monoisotopic (exact) mass is 269 g/mol. The van der Waals surface area contributed by atoms with Gasteiger partial charge >= 0.3 is 0 Å². The fourth-order valence-corrected chi connectivity index (χ4v) is 2.25. The number of carbonyl (C=O) groups excluding carboxylic acids is 1. The number of thioether (sulfide) groups is 1. The van der Waals surface area contributed by atoms with Crippen LogP contribution in [0.1, 0.15) is 5.56 Å². The zero-order valence-corrected chi connectivity index (χ0v) is 11.3. The predicted molar refractivity (Wildman–Crippen MR) is 73.5 cm³/mol. The minimum Gasteiger partial charge on any atom is -0.394 e. The summed E-state index contributed by atoms with van der Waals surface area (Å²) in [5.74, 6) is 1.12. The second-order valence-electron chi connectivity index (χ2n) is 3.88. The summed E-state index contributed by atoms with van der Waals surface area (Å²) in [5, 5.41) is 11.7. The van der Waals surface area contributed by atoms with Crippen LogP contribution in [0.4, 0.5) is 0 Å². The van der Waals surface area contributed by atoms with Crippen LogP contribution in [0.5, 0.6) is 0 Å². The van der Waals surface area contributed by atoms with E-state index >= 15 is 0 Å². The van der Waals surface area contributed by atoms with E-state index in [9.17, 15) is 4.79 Å². The highest BCUT2D eigenvalue weighted by Crippen LogP contribution is 2.11. The quantitative estimate of drug-likeness (QED) is 0.740. The standard InChI is InChI=1S/C13H19NO3S/c1-17-8-12(7-15)14-13(16)10-18-9-11-5-3-2-4-6-11/h2-6,12,15H,7-10H2,1H3,(H,14,16). The van der Waals surface area contributed by atoms with Gasteiger partial charge < -0.3 is 15.2 Å². The lowest BCUT2D eigenvalue weighted by Crippen LogP contribution is -2.41. The molecule has 0 aromatic heterocycles. The van der Waals surface area contributed by atoms with Crippen LogP contribution in [0.15, 0.2) is 30.3 Å². The highest BCUT2D eigenvalue weighted by Gasteiger charge is 2.10. The number of aliphatic hydroxyl groups excluding tert-OH is 1. The van der Waals surface area contributed by atoms with Crippen molar-refractivity contribution >= 4 is 17.7 Å². The van der Waals surface area contributed by atoms with Crippen molar-refractivity contribution in [3.8, 4) is 0 Å². The first-order chi connectivity index (χ1) is 8.76. The molecule has 0 heterocycles. The molecule has 4 nitrogen and oxygen atoms in total. The highest BCUT2D eigenvalue weighted by atomic mass is 32.2. The van der Waals surface area contributed by atoms with Gasteiger partial charge in [-0.1, -0.05) is 30.3 Å². The van der Waals surface area contributed by atoms with Crippen molar-refractivity contribution in [2.75, 3.05) is 26.1 Å². The van der Waals surface area contributed by atoms with E-state index in [-0.39, 0.29) is 18.6 Å². The topological polar surface area (TPSA) is 58.6 Å². The Labute approximate surface area is 112 Å². The SMILES string of the molecule is COCC(CO)NC(=O)CSCc1ccccc1. The average Bonchev–Trinajstić information content (AvgIpc) is 2.39. The first kappa shape index (κ1) is 15.0. The summed E-state index contributed by atoms with van der Waals surface area (Å²) < 4.78 is 4.89. The molecule has 0 saturated heterocycles. The molecule has 100 valence electrons. The van der Waals surface area contributed by atoms with Crippen LogP contribution in [0.25, 0.3) is 0 Å². The molecule has 2 N–H and O–H groups in total. The van der Waals surface area contributed by atoms with Crippen LogP contribution in [0.3, 0.4) is 0 Å². The summed E-state index contributed by atoms with van der Waals surface area (Å²) >= 11 is 1.55. The molecule has 1 aromatic carbocycles. The summed E-state index contributed by atoms with van der Waals surface area (Å²) in [6.45, 7) is 0.217. The molecule has 0 aliphatic carbocycles. The molecule has 1 unspecified atom stereocenters. The molecule has 0 radical (unpaired) electrons. The van der Waals surface area contributed by atoms with Gasteiger partial charge in [0.1, 0.15) is 0 Å². The van der Waals surface area contributed by atoms with Crippen LogP contribution in [0, 0.1) is 0 Å². The maximum Gasteiger partial charge on any atom is 0.230 e. The Morgan fingerprint density at radius 2 is 2.17 bits per heavy atom. The van der Waals surface area contributed by atoms with Gasteiger partial charge in [0.15, 0.2) is 0 Å². The molecule has 18 heavy (non-hydrogen) atoms. The number of benzene rings is 1. The Morgan fingerprint density at radius 1 is 1.44 bits per heavy atom. The molecule has 5 heteroatoms. The smallest absolute Gasteiger partial charge is 0.230 e. The lowest BCUT2D eigenvalue weighted by Gasteiger charge is -2.14. The first-order valence-electron chi connectivity index (χ1n) is 5.77. The largest absolute Gasteiger partial charge is 0.394 e. The number of hydrogen-bond acceptors (Lipinski definition) is 4. The van der Waals surface area contributed by atoms with Crippen LogP contribution in [0.2, 0.25) is 0 Å². The summed E-state index contributed by atoms with van der Waals surface area (Å²) in [6, 6.07) is 9.68. The molecule has 0 aliphatic rings. The maximum absolute atomic E-state index is 11.6. The third-order valence-electron chi connectivity index (χ3n) is 2.30. The highest BCUT2D eigenvalue weighted by molar-refractivity contribution is 7.99. The van der Waals surface area contributed by atoms with Crippen LogP contribution >= 0.6 is 11.8 Å². The number of hydrogen-bond donors (Lipinski definition) is 2. The third-order valence-corrected chi connectivity index (χ3v) is 3.30. The van der Waals surface area contributed by atoms with Crippen LogP contribution < -0.4 is 5.32 Å². The van der Waals surface area contributed by atoms with Gasteiger partial charge in [0.25, 0.3) is 0 Å². The Balaban J connectivity index is 2.20. The van der Waals surface area contributed by atoms with E-state index in [1.165, 1.54) is 5.56 Å². The van der Waals surface area contributed by atoms with Gasteiger partial charge in [-0.15, -0.1) is 11.8 Å². The second kappa shape index (κ2) is 8.97. The normalized spacial score (nSPS) is 12.1. The fourth-order valence-electron chi connectivity index (χ4n) is 1.45. The number of amides is 1. The van der Waals surface area contributed by atoms with E-state index < -0.39 is 0 Å². The van der Waals surface area contributed by atoms with E-state index in [1.54, 1.807) is 18.9 Å². The Hall–Kier alpha value is -1.04. The number of aliphatic hydroxyl groups is 1. The molecule has 0 saturated carbocycles. The number of carbonyl (C=O) groups is 1. The van der Waals surface area contributed by atoms with Gasteiger partial charge in [-0.25, -0.2) is 0 Å². The molecular weight excluding hydrogens is 250 g/mol. The molecule has 0 spiro atoms. The second-order valence-corrected chi connectivity index (χ2v) is 4.87. The fraction of sp³-hybridized carbons (Fsp3) is 0.462. The number of nitrogens with one attached hydrogen (secondary N) is 1. The lowest BCUT2D eigenvalue weighted by atomic mass is 10.2. The summed E-state index contributed by atoms with van der Waals surface area (Å²) in [7, 11) is 1.54. The zero-order valence-electron chi connectivity index (χ0n) is 10.5. The Morgan fingerprint density at radius 3 is 2.78 bits per heavy atom. The lowest BCUT2D eigenvalue weighted by molar-refractivity contribution is -0.120. The van der Waals surface area contributed by atoms with Crippen molar-refractivity contribution in [1.29, 1.82) is 0 Å². The number of rotatable bonds is 8. The molecule has 1 aromatic rings. The van der Waals surface area contributed by atoms with Crippen LogP contribution in [-0.2, 0) is 15.3 Å². The van der Waals surface area contributed by atoms with Gasteiger partial charge in [-0.05, 0) is 5.56 Å². The minimum atomic E-state index is -0.320. The number of methoxy groups -OCH3 is 1. The van der Waals surface area contributed by atoms with Crippen molar-refractivity contribution in [3.05, 3.63) is 35.9 Å². The first-order valence-corrected chi connectivity index (χ1v) is 6.92. The summed E-state index contributed by atoms with van der Waals surface area (Å²) in [6.07, 6.45) is 0. The third kappa shape index (κ3) is 6.05. The van der Waals surface area contributed by atoms with E-state index in [0.29, 0.717) is 12.4 Å². The molecule has 0 bridgehead atoms. The molecule has 0 fully saturated rings. The van der Waals surface area contributed by atoms with Crippen molar-refractivity contribution in [3.63, 3.8) is 0 Å². The van der Waals surface area contributed by atoms with Gasteiger partial charge in [0.05, 0.1) is 25.0 Å². The Kier molecular flexibility index (Phi) is 7.48. The van der Waals surface area contributed by atoms with Gasteiger partial charge in [0.2, 0.25) is 5.91 Å². The molecule has 1 rings (SSSR count). The summed E-state index contributed by atoms with van der Waals surface area (Å²) in [5.41, 5.74) is 1.20. The maximum atomic E-state index is 11.6. The van der Waals surface area contributed by atoms with Gasteiger partial charge in [-0.2, -0.15) is 0 Å². The van der Waals surface area contributed by atoms with E-state index in [4.69, 9.17) is 9.84 Å². The van der Waals surface area contributed by atoms with Gasteiger partial charge in [0, 0.05) is 12.9 Å². The average molecular weight is 269 g/mol. The van der Waals surface area contributed by atoms with Crippen LogP contribution in [-0.4, -0.2) is 43.1 Å². The summed E-state index contributed by atoms with van der Waals surface area (Å²) in [4.78, 5) is 11.6. The van der Waals surface area contributed by atoms with Crippen molar-refractivity contribution in [2.45, 2.75) is 11.8 Å². The molecule has 0 aliphatic heterocycles. The van der Waals surface area contributed by atoms with Crippen molar-refractivity contribution < 1.29 is 14.6 Å². The Bertz CT molecular complexity index is 345. The van der Waals surface area contributed by atoms with Gasteiger partial charge in [-0.3, -0.25) is 4.79 Å². The van der Waals surface area contributed by atoms with E-state index in [1.807, 2.05) is 30.3 Å². The minimum absolute atomic E-state index is 0.0768. The molecule has 1 amide bonds. The number of ether oxygens (including phenoxy) is 1. The van der Waals surface area contributed by atoms with Crippen molar-refractivity contribution in [1.82, 2.24) is 5.32 Å². The van der Waals surface area contributed by atoms with E-state index in [2.05, 4.69) is 5.32 Å². The zero-order chi connectivity index (χ0) is 13.2.